The van der Waals surface area contributed by atoms with Crippen LogP contribution in [0.5, 0.6) is 0 Å². The topological polar surface area (TPSA) is 46.5 Å². The van der Waals surface area contributed by atoms with E-state index in [0.29, 0.717) is 11.5 Å². The lowest BCUT2D eigenvalue weighted by molar-refractivity contribution is -0.137. The smallest absolute Gasteiger partial charge is 0.333 e. The number of hydrogen-bond acceptors (Lipinski definition) is 3. The number of carbonyl (C=O) groups is 1. The van der Waals surface area contributed by atoms with Gasteiger partial charge in [-0.25, -0.2) is 4.79 Å². The second kappa shape index (κ2) is 5.12. The molecule has 0 aromatic heterocycles. The van der Waals surface area contributed by atoms with Crippen LogP contribution in [-0.4, -0.2) is 24.3 Å². The summed E-state index contributed by atoms with van der Waals surface area (Å²) in [5, 5.41) is 9.87. The minimum Gasteiger partial charge on any atom is -0.466 e. The Labute approximate surface area is 115 Å². The summed E-state index contributed by atoms with van der Waals surface area (Å²) in [6.07, 6.45) is 5.32. The Kier molecular flexibility index (Phi) is 3.86. The van der Waals surface area contributed by atoms with E-state index in [1.165, 1.54) is 12.7 Å². The van der Waals surface area contributed by atoms with Crippen molar-refractivity contribution in [3.05, 3.63) is 23.8 Å². The molecule has 0 aromatic carbocycles. The summed E-state index contributed by atoms with van der Waals surface area (Å²) in [4.78, 5) is 11.6. The quantitative estimate of drug-likeness (QED) is 0.474. The van der Waals surface area contributed by atoms with Gasteiger partial charge in [-0.3, -0.25) is 0 Å². The van der Waals surface area contributed by atoms with Crippen molar-refractivity contribution in [2.75, 3.05) is 7.11 Å². The Hall–Kier alpha value is -1.09. The van der Waals surface area contributed by atoms with Crippen molar-refractivity contribution in [1.29, 1.82) is 0 Å². The lowest BCUT2D eigenvalue weighted by Crippen LogP contribution is -2.40. The van der Waals surface area contributed by atoms with Crippen LogP contribution in [-0.2, 0) is 9.53 Å². The zero-order valence-electron chi connectivity index (χ0n) is 12.1. The number of aliphatic hydroxyl groups excluding tert-OH is 1. The Balaban J connectivity index is 2.20. The van der Waals surface area contributed by atoms with Crippen molar-refractivity contribution in [2.24, 2.45) is 17.3 Å². The molecule has 0 amide bonds. The minimum absolute atomic E-state index is 0.0824. The number of aliphatic hydroxyl groups is 1. The van der Waals surface area contributed by atoms with E-state index in [9.17, 15) is 9.90 Å². The fourth-order valence-electron chi connectivity index (χ4n) is 3.67. The third-order valence-corrected chi connectivity index (χ3v) is 5.18. The molecule has 2 aliphatic carbocycles. The van der Waals surface area contributed by atoms with Crippen molar-refractivity contribution >= 4 is 5.97 Å². The summed E-state index contributed by atoms with van der Waals surface area (Å²) in [6, 6.07) is 0. The van der Waals surface area contributed by atoms with Crippen molar-refractivity contribution in [3.8, 4) is 0 Å². The van der Waals surface area contributed by atoms with Crippen molar-refractivity contribution in [2.45, 2.75) is 45.6 Å². The van der Waals surface area contributed by atoms with Crippen LogP contribution >= 0.6 is 0 Å². The first-order chi connectivity index (χ1) is 8.88. The van der Waals surface area contributed by atoms with Crippen LogP contribution in [0.25, 0.3) is 0 Å². The van der Waals surface area contributed by atoms with E-state index in [2.05, 4.69) is 20.4 Å². The molecular weight excluding hydrogens is 240 g/mol. The summed E-state index contributed by atoms with van der Waals surface area (Å²) < 4.78 is 4.78. The highest BCUT2D eigenvalue weighted by atomic mass is 16.5. The van der Waals surface area contributed by atoms with Gasteiger partial charge in [-0.05, 0) is 42.9 Å². The van der Waals surface area contributed by atoms with Gasteiger partial charge in [0.2, 0.25) is 0 Å². The second-order valence-electron chi connectivity index (χ2n) is 6.27. The van der Waals surface area contributed by atoms with Gasteiger partial charge < -0.3 is 9.84 Å². The molecule has 0 unspecified atom stereocenters. The Bertz CT molecular complexity index is 424. The van der Waals surface area contributed by atoms with Gasteiger partial charge in [-0.1, -0.05) is 32.1 Å². The molecular formula is C16H24O3. The molecule has 4 atom stereocenters. The van der Waals surface area contributed by atoms with E-state index in [1.54, 1.807) is 0 Å². The predicted octanol–water partition coefficient (Wildman–Crippen LogP) is 2.85. The second-order valence-corrected chi connectivity index (χ2v) is 6.27. The van der Waals surface area contributed by atoms with Crippen LogP contribution in [0, 0.1) is 17.3 Å². The zero-order chi connectivity index (χ0) is 14.2. The normalized spacial score (nSPS) is 38.1. The number of ether oxygens (including phenoxy) is 1. The molecule has 0 saturated heterocycles. The summed E-state index contributed by atoms with van der Waals surface area (Å²) in [7, 11) is 1.41. The lowest BCUT2D eigenvalue weighted by atomic mass is 9.57. The van der Waals surface area contributed by atoms with E-state index >= 15 is 0 Å². The fraction of sp³-hybridized carbons (Fsp3) is 0.688. The number of hydrogen-bond donors (Lipinski definition) is 1. The first kappa shape index (κ1) is 14.3. The van der Waals surface area contributed by atoms with Crippen molar-refractivity contribution in [3.63, 3.8) is 0 Å². The molecule has 0 heterocycles. The van der Waals surface area contributed by atoms with Gasteiger partial charge in [-0.2, -0.15) is 0 Å². The summed E-state index contributed by atoms with van der Waals surface area (Å²) in [5.41, 5.74) is 2.04. The maximum atomic E-state index is 11.6. The van der Waals surface area contributed by atoms with Gasteiger partial charge in [0.15, 0.2) is 0 Å². The zero-order valence-corrected chi connectivity index (χ0v) is 12.1. The highest BCUT2D eigenvalue weighted by Crippen LogP contribution is 2.53. The predicted molar refractivity (Wildman–Crippen MR) is 74.5 cm³/mol. The highest BCUT2D eigenvalue weighted by molar-refractivity contribution is 5.88. The average Bonchev–Trinajstić information content (AvgIpc) is 2.38. The van der Waals surface area contributed by atoms with Crippen molar-refractivity contribution < 1.29 is 14.6 Å². The molecule has 3 nitrogen and oxygen atoms in total. The fourth-order valence-corrected chi connectivity index (χ4v) is 3.67. The first-order valence-corrected chi connectivity index (χ1v) is 7.05. The number of fused-ring (bicyclic) bond motifs is 1. The van der Waals surface area contributed by atoms with Crippen LogP contribution < -0.4 is 0 Å². The summed E-state index contributed by atoms with van der Waals surface area (Å²) in [5.74, 6) is 0.340. The number of esters is 1. The molecule has 0 bridgehead atoms. The molecule has 1 fully saturated rings. The van der Waals surface area contributed by atoms with Crippen LogP contribution in [0.4, 0.5) is 0 Å². The summed E-state index contributed by atoms with van der Waals surface area (Å²) in [6.45, 7) is 8.36. The highest BCUT2D eigenvalue weighted by Gasteiger charge is 2.44. The molecule has 0 aromatic rings. The van der Waals surface area contributed by atoms with Crippen LogP contribution in [0.3, 0.4) is 0 Å². The standard InChI is InChI=1S/C16H24O3/c1-10-7-14(17)8-13-6-5-12(9-16(10,13)3)11(2)15(18)19-4/h8,10,12,14,17H,2,5-7,9H2,1,3-4H3/t10-,12+,14+,16+/m0/s1. The van der Waals surface area contributed by atoms with Gasteiger partial charge in [0.1, 0.15) is 0 Å². The molecule has 1 saturated carbocycles. The molecule has 1 N–H and O–H groups in total. The van der Waals surface area contributed by atoms with Gasteiger partial charge >= 0.3 is 5.97 Å². The molecule has 2 aliphatic rings. The van der Waals surface area contributed by atoms with Gasteiger partial charge in [0.05, 0.1) is 13.2 Å². The Morgan fingerprint density at radius 2 is 2.26 bits per heavy atom. The third-order valence-electron chi connectivity index (χ3n) is 5.18. The Morgan fingerprint density at radius 3 is 2.89 bits per heavy atom. The lowest BCUT2D eigenvalue weighted by Gasteiger charge is -2.48. The largest absolute Gasteiger partial charge is 0.466 e. The molecule has 3 heteroatoms. The first-order valence-electron chi connectivity index (χ1n) is 7.05. The third kappa shape index (κ3) is 2.48. The van der Waals surface area contributed by atoms with E-state index in [4.69, 9.17) is 4.74 Å². The van der Waals surface area contributed by atoms with Gasteiger partial charge in [-0.15, -0.1) is 0 Å². The number of allylic oxidation sites excluding steroid dienone is 1. The van der Waals surface area contributed by atoms with Crippen LogP contribution in [0.2, 0.25) is 0 Å². The van der Waals surface area contributed by atoms with Crippen LogP contribution in [0.15, 0.2) is 23.8 Å². The molecule has 106 valence electrons. The monoisotopic (exact) mass is 264 g/mol. The molecule has 0 aliphatic heterocycles. The average molecular weight is 264 g/mol. The molecule has 19 heavy (non-hydrogen) atoms. The SMILES string of the molecule is C=C(C(=O)OC)[C@@H]1CCC2=C[C@H](O)C[C@H](C)[C@@]2(C)C1. The molecule has 0 spiro atoms. The van der Waals surface area contributed by atoms with Crippen LogP contribution in [0.1, 0.15) is 39.5 Å². The summed E-state index contributed by atoms with van der Waals surface area (Å²) >= 11 is 0. The van der Waals surface area contributed by atoms with E-state index < -0.39 is 0 Å². The van der Waals surface area contributed by atoms with E-state index in [1.807, 2.05) is 6.08 Å². The maximum Gasteiger partial charge on any atom is 0.333 e. The van der Waals surface area contributed by atoms with E-state index in [-0.39, 0.29) is 23.4 Å². The van der Waals surface area contributed by atoms with E-state index in [0.717, 1.165) is 25.7 Å². The molecule has 0 radical (unpaired) electrons. The number of methoxy groups -OCH3 is 1. The van der Waals surface area contributed by atoms with Crippen molar-refractivity contribution in [1.82, 2.24) is 0 Å². The number of carbonyl (C=O) groups excluding carboxylic acids is 1. The Morgan fingerprint density at radius 1 is 1.58 bits per heavy atom. The van der Waals surface area contributed by atoms with Gasteiger partial charge in [0, 0.05) is 5.57 Å². The minimum atomic E-state index is -0.307. The maximum absolute atomic E-state index is 11.6. The number of rotatable bonds is 2. The van der Waals surface area contributed by atoms with Gasteiger partial charge in [0.25, 0.3) is 0 Å². The molecule has 2 rings (SSSR count).